The number of anilines is 1. The van der Waals surface area contributed by atoms with Crippen LogP contribution >= 0.6 is 0 Å². The number of aromatic nitrogens is 3. The van der Waals surface area contributed by atoms with Crippen LogP contribution in [0.15, 0.2) is 36.8 Å². The summed E-state index contributed by atoms with van der Waals surface area (Å²) < 4.78 is 6.10. The molecule has 3 N–H and O–H groups in total. The fourth-order valence-electron chi connectivity index (χ4n) is 3.71. The summed E-state index contributed by atoms with van der Waals surface area (Å²) in [4.78, 5) is 35.9. The predicted molar refractivity (Wildman–Crippen MR) is 123 cm³/mol. The second-order valence-electron chi connectivity index (χ2n) is 9.29. The number of ether oxygens (including phenoxy) is 1. The Morgan fingerprint density at radius 1 is 1.16 bits per heavy atom. The van der Waals surface area contributed by atoms with Crippen LogP contribution in [0.2, 0.25) is 0 Å². The normalized spacial score (nSPS) is 14.5. The Labute approximate surface area is 187 Å². The summed E-state index contributed by atoms with van der Waals surface area (Å²) in [5, 5.41) is 5.94. The van der Waals surface area contributed by atoms with Crippen molar-refractivity contribution < 1.29 is 14.3 Å². The van der Waals surface area contributed by atoms with E-state index in [2.05, 4.69) is 25.6 Å². The highest BCUT2D eigenvalue weighted by molar-refractivity contribution is 6.02. The lowest BCUT2D eigenvalue weighted by Gasteiger charge is -2.16. The van der Waals surface area contributed by atoms with E-state index >= 15 is 0 Å². The first-order valence-electron chi connectivity index (χ1n) is 11.0. The van der Waals surface area contributed by atoms with E-state index in [-0.39, 0.29) is 12.0 Å². The molecule has 0 unspecified atom stereocenters. The molecule has 0 aromatic carbocycles. The summed E-state index contributed by atoms with van der Waals surface area (Å²) in [7, 11) is 0. The van der Waals surface area contributed by atoms with E-state index in [9.17, 15) is 9.59 Å². The monoisotopic (exact) mass is 435 g/mol. The van der Waals surface area contributed by atoms with Crippen LogP contribution in [0.5, 0.6) is 5.75 Å². The molecule has 3 amide bonds. The molecule has 0 radical (unpaired) electrons. The number of nitrogens with one attached hydrogen (secondary N) is 3. The largest absolute Gasteiger partial charge is 0.489 e. The van der Waals surface area contributed by atoms with E-state index in [0.717, 1.165) is 40.8 Å². The summed E-state index contributed by atoms with van der Waals surface area (Å²) in [6.07, 6.45) is 11.1. The van der Waals surface area contributed by atoms with E-state index in [1.807, 2.05) is 18.3 Å². The number of carbonyl (C=O) groups is 2. The highest BCUT2D eigenvalue weighted by atomic mass is 16.5. The Hall–Kier alpha value is -3.42. The van der Waals surface area contributed by atoms with Gasteiger partial charge in [-0.25, -0.2) is 14.8 Å². The molecule has 3 aromatic heterocycles. The highest BCUT2D eigenvalue weighted by Gasteiger charge is 2.23. The summed E-state index contributed by atoms with van der Waals surface area (Å²) in [5.41, 5.74) is 2.26. The summed E-state index contributed by atoms with van der Waals surface area (Å²) in [6.45, 7) is 5.23. The van der Waals surface area contributed by atoms with Crippen molar-refractivity contribution in [3.8, 4) is 5.75 Å². The van der Waals surface area contributed by atoms with Gasteiger partial charge in [0.1, 0.15) is 17.2 Å². The average molecular weight is 436 g/mol. The van der Waals surface area contributed by atoms with Crippen LogP contribution in [0.3, 0.4) is 0 Å². The van der Waals surface area contributed by atoms with Crippen molar-refractivity contribution in [2.24, 2.45) is 5.41 Å². The van der Waals surface area contributed by atoms with Gasteiger partial charge in [-0.05, 0) is 48.9 Å². The Kier molecular flexibility index (Phi) is 6.12. The van der Waals surface area contributed by atoms with Crippen molar-refractivity contribution in [2.75, 3.05) is 5.32 Å². The zero-order valence-corrected chi connectivity index (χ0v) is 18.7. The third kappa shape index (κ3) is 5.25. The molecule has 0 bridgehead atoms. The number of hydrogen-bond acceptors (Lipinski definition) is 5. The van der Waals surface area contributed by atoms with Gasteiger partial charge in [-0.3, -0.25) is 15.4 Å². The Balaban J connectivity index is 1.40. The number of aromatic amines is 1. The first-order valence-corrected chi connectivity index (χ1v) is 11.0. The maximum Gasteiger partial charge on any atom is 0.327 e. The third-order valence-corrected chi connectivity index (χ3v) is 5.57. The van der Waals surface area contributed by atoms with E-state index < -0.39 is 11.4 Å². The quantitative estimate of drug-likeness (QED) is 0.544. The maximum absolute atomic E-state index is 12.0. The molecule has 8 heteroatoms. The molecule has 3 aromatic rings. The van der Waals surface area contributed by atoms with Gasteiger partial charge >= 0.3 is 6.03 Å². The number of rotatable bonds is 5. The zero-order valence-electron chi connectivity index (χ0n) is 18.7. The molecule has 32 heavy (non-hydrogen) atoms. The van der Waals surface area contributed by atoms with Crippen molar-refractivity contribution in [1.82, 2.24) is 20.3 Å². The highest BCUT2D eigenvalue weighted by Crippen LogP contribution is 2.28. The Bertz CT molecular complexity index is 1110. The molecular weight excluding hydrogens is 406 g/mol. The third-order valence-electron chi connectivity index (χ3n) is 5.57. The summed E-state index contributed by atoms with van der Waals surface area (Å²) >= 11 is 0. The first kappa shape index (κ1) is 21.8. The molecule has 1 aliphatic rings. The van der Waals surface area contributed by atoms with Crippen LogP contribution in [0, 0.1) is 5.41 Å². The number of amides is 3. The fourth-order valence-corrected chi connectivity index (χ4v) is 3.71. The van der Waals surface area contributed by atoms with Gasteiger partial charge in [-0.15, -0.1) is 0 Å². The van der Waals surface area contributed by atoms with E-state index in [1.165, 1.54) is 12.8 Å². The van der Waals surface area contributed by atoms with Crippen LogP contribution < -0.4 is 15.4 Å². The first-order chi connectivity index (χ1) is 15.3. The van der Waals surface area contributed by atoms with Gasteiger partial charge in [0.2, 0.25) is 5.91 Å². The number of imide groups is 1. The van der Waals surface area contributed by atoms with E-state index in [0.29, 0.717) is 12.2 Å². The number of nitrogens with zero attached hydrogens (tertiary/aromatic N) is 2. The molecule has 0 spiro atoms. The van der Waals surface area contributed by atoms with Crippen molar-refractivity contribution in [2.45, 2.75) is 59.0 Å². The minimum Gasteiger partial charge on any atom is -0.489 e. The van der Waals surface area contributed by atoms with Crippen LogP contribution in [-0.2, 0) is 11.2 Å². The molecule has 0 aliphatic heterocycles. The van der Waals surface area contributed by atoms with Crippen molar-refractivity contribution in [3.05, 3.63) is 47.9 Å². The van der Waals surface area contributed by atoms with Crippen LogP contribution in [0.1, 0.15) is 57.6 Å². The maximum atomic E-state index is 12.0. The molecular formula is C24H29N5O3. The summed E-state index contributed by atoms with van der Waals surface area (Å²) in [5.74, 6) is 0.829. The average Bonchev–Trinajstić information content (AvgIpc) is 3.39. The van der Waals surface area contributed by atoms with Crippen LogP contribution in [0.4, 0.5) is 10.6 Å². The standard InChI is InChI=1S/C24H29N5O3/c1-24(2,3)22(30)29-23(31)28-20-9-8-15(12-25-20)10-16-13-26-21-19(16)11-18(14-27-21)32-17-6-4-5-7-17/h8-9,11-14,17H,4-7,10H2,1-3H3,(H,26,27)(H2,25,28,29,30,31). The molecule has 1 aliphatic carbocycles. The Morgan fingerprint density at radius 2 is 1.94 bits per heavy atom. The molecule has 8 nitrogen and oxygen atoms in total. The van der Waals surface area contributed by atoms with E-state index in [4.69, 9.17) is 4.74 Å². The lowest BCUT2D eigenvalue weighted by Crippen LogP contribution is -2.41. The minimum absolute atomic E-state index is 0.289. The zero-order chi connectivity index (χ0) is 22.7. The van der Waals surface area contributed by atoms with E-state index in [1.54, 1.807) is 39.2 Å². The number of pyridine rings is 2. The second-order valence-corrected chi connectivity index (χ2v) is 9.29. The van der Waals surface area contributed by atoms with Crippen LogP contribution in [-0.4, -0.2) is 33.0 Å². The molecule has 4 rings (SSSR count). The molecule has 0 saturated heterocycles. The van der Waals surface area contributed by atoms with Crippen molar-refractivity contribution in [3.63, 3.8) is 0 Å². The van der Waals surface area contributed by atoms with Gasteiger partial charge in [0.05, 0.1) is 12.3 Å². The van der Waals surface area contributed by atoms with Gasteiger partial charge in [0.25, 0.3) is 0 Å². The van der Waals surface area contributed by atoms with Gasteiger partial charge in [0, 0.05) is 29.6 Å². The van der Waals surface area contributed by atoms with Gasteiger partial charge in [-0.2, -0.15) is 0 Å². The minimum atomic E-state index is -0.648. The second kappa shape index (κ2) is 8.98. The van der Waals surface area contributed by atoms with Gasteiger partial charge in [-0.1, -0.05) is 26.8 Å². The summed E-state index contributed by atoms with van der Waals surface area (Å²) in [6, 6.07) is 5.08. The topological polar surface area (TPSA) is 109 Å². The number of H-pyrrole nitrogens is 1. The fraction of sp³-hybridized carbons (Fsp3) is 0.417. The number of fused-ring (bicyclic) bond motifs is 1. The molecule has 1 saturated carbocycles. The molecule has 0 atom stereocenters. The molecule has 3 heterocycles. The lowest BCUT2D eigenvalue weighted by atomic mass is 9.96. The molecule has 1 fully saturated rings. The molecule has 168 valence electrons. The van der Waals surface area contributed by atoms with Gasteiger partial charge < -0.3 is 9.72 Å². The van der Waals surface area contributed by atoms with Crippen LogP contribution in [0.25, 0.3) is 11.0 Å². The lowest BCUT2D eigenvalue weighted by molar-refractivity contribution is -0.127. The number of urea groups is 1. The Morgan fingerprint density at radius 3 is 2.62 bits per heavy atom. The van der Waals surface area contributed by atoms with Crippen molar-refractivity contribution in [1.29, 1.82) is 0 Å². The number of carbonyl (C=O) groups excluding carboxylic acids is 2. The number of hydrogen-bond donors (Lipinski definition) is 3. The van der Waals surface area contributed by atoms with Crippen molar-refractivity contribution >= 4 is 28.8 Å². The van der Waals surface area contributed by atoms with Gasteiger partial charge in [0.15, 0.2) is 0 Å². The smallest absolute Gasteiger partial charge is 0.327 e. The predicted octanol–water partition coefficient (Wildman–Crippen LogP) is 4.56. The SMILES string of the molecule is CC(C)(C)C(=O)NC(=O)Nc1ccc(Cc2c[nH]c3ncc(OC4CCCC4)cc23)cn1.